The zero-order chi connectivity index (χ0) is 14.4. The number of carbonyl (C=O) groups excluding carboxylic acids is 1. The minimum atomic E-state index is -2.97. The van der Waals surface area contributed by atoms with Crippen LogP contribution in [-0.2, 0) is 14.6 Å². The second-order valence-corrected chi connectivity index (χ2v) is 9.67. The molecule has 0 aromatic carbocycles. The molecule has 0 N–H and O–H groups in total. The molecule has 4 nitrogen and oxygen atoms in total. The number of sulfone groups is 1. The minimum absolute atomic E-state index is 0.00972. The second kappa shape index (κ2) is 4.76. The molecule has 2 bridgehead atoms. The molecule has 0 aromatic rings. The van der Waals surface area contributed by atoms with E-state index in [0.29, 0.717) is 19.3 Å². The first kappa shape index (κ1) is 14.8. The van der Waals surface area contributed by atoms with Crippen LogP contribution in [0.2, 0.25) is 0 Å². The molecule has 5 heteroatoms. The number of piperidine rings is 1. The topological polar surface area (TPSA) is 54.5 Å². The number of hydrogen-bond acceptors (Lipinski definition) is 3. The molecule has 2 aliphatic heterocycles. The van der Waals surface area contributed by atoms with Crippen LogP contribution in [0, 0.1) is 5.41 Å². The van der Waals surface area contributed by atoms with Crippen molar-refractivity contribution in [3.8, 4) is 0 Å². The summed E-state index contributed by atoms with van der Waals surface area (Å²) < 4.78 is 23.4. The highest BCUT2D eigenvalue weighted by Gasteiger charge is 2.46. The molecule has 2 rings (SSSR count). The van der Waals surface area contributed by atoms with Crippen LogP contribution in [0.1, 0.15) is 52.9 Å². The van der Waals surface area contributed by atoms with E-state index in [2.05, 4.69) is 20.8 Å². The van der Waals surface area contributed by atoms with Gasteiger partial charge in [-0.2, -0.15) is 0 Å². The van der Waals surface area contributed by atoms with Crippen LogP contribution in [-0.4, -0.2) is 42.8 Å². The molecule has 0 spiro atoms. The molecule has 2 saturated heterocycles. The smallest absolute Gasteiger partial charge is 0.223 e. The van der Waals surface area contributed by atoms with Crippen molar-refractivity contribution in [3.05, 3.63) is 0 Å². The summed E-state index contributed by atoms with van der Waals surface area (Å²) in [5.74, 6) is 0.201. The molecule has 110 valence electrons. The van der Waals surface area contributed by atoms with Gasteiger partial charge in [-0.1, -0.05) is 20.8 Å². The fourth-order valence-corrected chi connectivity index (χ4v) is 4.57. The summed E-state index contributed by atoms with van der Waals surface area (Å²) in [4.78, 5) is 14.4. The lowest BCUT2D eigenvalue weighted by Crippen LogP contribution is -2.50. The lowest BCUT2D eigenvalue weighted by atomic mass is 9.90. The molecular weight excluding hydrogens is 262 g/mol. The Bertz CT molecular complexity index is 450. The van der Waals surface area contributed by atoms with Crippen molar-refractivity contribution < 1.29 is 13.2 Å². The predicted octanol–water partition coefficient (Wildman–Crippen LogP) is 1.99. The van der Waals surface area contributed by atoms with Crippen LogP contribution >= 0.6 is 0 Å². The zero-order valence-electron chi connectivity index (χ0n) is 12.3. The number of carbonyl (C=O) groups is 1. The Labute approximate surface area is 116 Å². The van der Waals surface area contributed by atoms with Crippen LogP contribution in [0.5, 0.6) is 0 Å². The van der Waals surface area contributed by atoms with Gasteiger partial charge in [-0.3, -0.25) is 4.79 Å². The van der Waals surface area contributed by atoms with Crippen molar-refractivity contribution >= 4 is 15.7 Å². The molecule has 0 aromatic heterocycles. The van der Waals surface area contributed by atoms with Crippen molar-refractivity contribution in [2.24, 2.45) is 5.41 Å². The van der Waals surface area contributed by atoms with E-state index in [4.69, 9.17) is 0 Å². The van der Waals surface area contributed by atoms with Gasteiger partial charge in [0.2, 0.25) is 5.91 Å². The van der Waals surface area contributed by atoms with Crippen LogP contribution in [0.4, 0.5) is 0 Å². The van der Waals surface area contributed by atoms with E-state index < -0.39 is 9.84 Å². The fourth-order valence-electron chi connectivity index (χ4n) is 3.43. The van der Waals surface area contributed by atoms with Gasteiger partial charge in [0.15, 0.2) is 0 Å². The van der Waals surface area contributed by atoms with Crippen molar-refractivity contribution in [1.29, 1.82) is 0 Å². The Balaban J connectivity index is 2.10. The van der Waals surface area contributed by atoms with Crippen LogP contribution in [0.25, 0.3) is 0 Å². The average Bonchev–Trinajstić information content (AvgIpc) is 2.45. The summed E-state index contributed by atoms with van der Waals surface area (Å²) in [6.45, 7) is 6.20. The second-order valence-electron chi connectivity index (χ2n) is 7.35. The Hall–Kier alpha value is -0.580. The van der Waals surface area contributed by atoms with Gasteiger partial charge in [-0.15, -0.1) is 0 Å². The Kier molecular flexibility index (Phi) is 3.71. The van der Waals surface area contributed by atoms with Crippen LogP contribution in [0.3, 0.4) is 0 Å². The third kappa shape index (κ3) is 3.30. The Morgan fingerprint density at radius 3 is 2.00 bits per heavy atom. The van der Waals surface area contributed by atoms with Gasteiger partial charge in [0.1, 0.15) is 9.84 Å². The van der Waals surface area contributed by atoms with Crippen molar-refractivity contribution in [1.82, 2.24) is 4.90 Å². The molecule has 2 heterocycles. The minimum Gasteiger partial charge on any atom is -0.337 e. The molecule has 2 unspecified atom stereocenters. The van der Waals surface area contributed by atoms with E-state index in [1.807, 2.05) is 4.90 Å². The van der Waals surface area contributed by atoms with Gasteiger partial charge >= 0.3 is 0 Å². The average molecular weight is 287 g/mol. The van der Waals surface area contributed by atoms with E-state index in [1.165, 1.54) is 6.26 Å². The summed E-state index contributed by atoms with van der Waals surface area (Å²) in [6, 6.07) is 0.293. The maximum atomic E-state index is 12.4. The van der Waals surface area contributed by atoms with Gasteiger partial charge in [-0.05, 0) is 31.1 Å². The van der Waals surface area contributed by atoms with Gasteiger partial charge in [0.05, 0.1) is 5.25 Å². The molecule has 19 heavy (non-hydrogen) atoms. The van der Waals surface area contributed by atoms with E-state index in [0.717, 1.165) is 12.8 Å². The molecule has 2 atom stereocenters. The van der Waals surface area contributed by atoms with E-state index in [-0.39, 0.29) is 28.7 Å². The van der Waals surface area contributed by atoms with Crippen LogP contribution < -0.4 is 0 Å². The Morgan fingerprint density at radius 1 is 1.16 bits per heavy atom. The standard InChI is InChI=1S/C14H25NO3S/c1-14(2,3)9-13(16)15-10-5-6-11(15)8-12(7-10)19(4,17)18/h10-12H,5-9H2,1-4H3. The Morgan fingerprint density at radius 2 is 1.63 bits per heavy atom. The molecule has 2 aliphatic rings. The summed E-state index contributed by atoms with van der Waals surface area (Å²) in [7, 11) is -2.97. The van der Waals surface area contributed by atoms with E-state index in [9.17, 15) is 13.2 Å². The summed E-state index contributed by atoms with van der Waals surface area (Å²) in [5.41, 5.74) is -0.00972. The number of fused-ring (bicyclic) bond motifs is 2. The highest BCUT2D eigenvalue weighted by atomic mass is 32.2. The van der Waals surface area contributed by atoms with Crippen LogP contribution in [0.15, 0.2) is 0 Å². The fraction of sp³-hybridized carbons (Fsp3) is 0.929. The van der Waals surface area contributed by atoms with E-state index >= 15 is 0 Å². The largest absolute Gasteiger partial charge is 0.337 e. The number of nitrogens with zero attached hydrogens (tertiary/aromatic N) is 1. The zero-order valence-corrected chi connectivity index (χ0v) is 13.2. The first-order valence-electron chi connectivity index (χ1n) is 7.08. The molecular formula is C14H25NO3S. The van der Waals surface area contributed by atoms with E-state index in [1.54, 1.807) is 0 Å². The van der Waals surface area contributed by atoms with Gasteiger partial charge in [0.25, 0.3) is 0 Å². The first-order chi connectivity index (χ1) is 8.58. The monoisotopic (exact) mass is 287 g/mol. The van der Waals surface area contributed by atoms with Gasteiger partial charge in [0, 0.05) is 24.8 Å². The third-order valence-electron chi connectivity index (χ3n) is 4.26. The van der Waals surface area contributed by atoms with Crippen molar-refractivity contribution in [2.45, 2.75) is 70.2 Å². The highest BCUT2D eigenvalue weighted by Crippen LogP contribution is 2.39. The normalized spacial score (nSPS) is 31.6. The first-order valence-corrected chi connectivity index (χ1v) is 9.03. The number of amides is 1. The van der Waals surface area contributed by atoms with Crippen molar-refractivity contribution in [3.63, 3.8) is 0 Å². The number of rotatable bonds is 2. The maximum absolute atomic E-state index is 12.4. The summed E-state index contributed by atoms with van der Waals surface area (Å²) in [5, 5.41) is -0.247. The quantitative estimate of drug-likeness (QED) is 0.780. The van der Waals surface area contributed by atoms with Gasteiger partial charge in [-0.25, -0.2) is 8.42 Å². The molecule has 0 saturated carbocycles. The summed E-state index contributed by atoms with van der Waals surface area (Å²) >= 11 is 0. The molecule has 0 radical (unpaired) electrons. The SMILES string of the molecule is CC(C)(C)CC(=O)N1C2CCC1CC(S(C)(=O)=O)C2. The van der Waals surface area contributed by atoms with Gasteiger partial charge < -0.3 is 4.90 Å². The predicted molar refractivity (Wildman–Crippen MR) is 75.6 cm³/mol. The lowest BCUT2D eigenvalue weighted by molar-refractivity contribution is -0.137. The molecule has 2 fully saturated rings. The lowest BCUT2D eigenvalue weighted by Gasteiger charge is -2.39. The third-order valence-corrected chi connectivity index (χ3v) is 5.86. The van der Waals surface area contributed by atoms with Crippen molar-refractivity contribution in [2.75, 3.05) is 6.26 Å². The summed E-state index contributed by atoms with van der Waals surface area (Å²) in [6.07, 6.45) is 5.06. The molecule has 0 aliphatic carbocycles. The number of hydrogen-bond donors (Lipinski definition) is 0. The maximum Gasteiger partial charge on any atom is 0.223 e. The molecule has 1 amide bonds. The highest BCUT2D eigenvalue weighted by molar-refractivity contribution is 7.91.